The molecule has 132 valence electrons. The molecule has 2 N–H and O–H groups in total. The van der Waals surface area contributed by atoms with Crippen LogP contribution in [0.4, 0.5) is 0 Å². The van der Waals surface area contributed by atoms with Gasteiger partial charge in [0, 0.05) is 5.56 Å². The number of phenolic OH excluding ortho intramolecular Hbond substituents is 1. The Balaban J connectivity index is 1.99. The van der Waals surface area contributed by atoms with E-state index in [1.807, 2.05) is 6.92 Å². The summed E-state index contributed by atoms with van der Waals surface area (Å²) in [4.78, 5) is 12.0. The van der Waals surface area contributed by atoms with Gasteiger partial charge in [-0.25, -0.2) is 5.43 Å². The van der Waals surface area contributed by atoms with Crippen LogP contribution in [0, 0.1) is 0 Å². The predicted octanol–water partition coefficient (Wildman–Crippen LogP) is 3.61. The summed E-state index contributed by atoms with van der Waals surface area (Å²) in [7, 11) is 1.42. The number of nitrogens with one attached hydrogen (secondary N) is 1. The van der Waals surface area contributed by atoms with E-state index in [-0.39, 0.29) is 22.4 Å². The van der Waals surface area contributed by atoms with Gasteiger partial charge >= 0.3 is 0 Å². The molecule has 2 aromatic rings. The molecule has 0 unspecified atom stereocenters. The zero-order valence-corrected chi connectivity index (χ0v) is 14.7. The van der Waals surface area contributed by atoms with Crippen LogP contribution in [-0.4, -0.2) is 30.9 Å². The molecule has 0 saturated heterocycles. The van der Waals surface area contributed by atoms with Gasteiger partial charge in [-0.2, -0.15) is 5.10 Å². The van der Waals surface area contributed by atoms with Crippen molar-refractivity contribution in [1.29, 1.82) is 0 Å². The molecule has 0 radical (unpaired) electrons. The van der Waals surface area contributed by atoms with Crippen LogP contribution in [0.15, 0.2) is 41.5 Å². The van der Waals surface area contributed by atoms with Crippen LogP contribution in [0.25, 0.3) is 0 Å². The maximum absolute atomic E-state index is 12.0. The van der Waals surface area contributed by atoms with Crippen LogP contribution in [-0.2, 0) is 0 Å². The monoisotopic (exact) mass is 362 g/mol. The van der Waals surface area contributed by atoms with Crippen molar-refractivity contribution in [3.8, 4) is 17.2 Å². The van der Waals surface area contributed by atoms with E-state index in [1.165, 1.54) is 19.4 Å². The Hall–Kier alpha value is -2.73. The second kappa shape index (κ2) is 8.94. The van der Waals surface area contributed by atoms with Gasteiger partial charge in [0.2, 0.25) is 0 Å². The number of amides is 1. The fraction of sp³-hybridized carbons (Fsp3) is 0.222. The van der Waals surface area contributed by atoms with Gasteiger partial charge in [-0.3, -0.25) is 4.79 Å². The van der Waals surface area contributed by atoms with Crippen molar-refractivity contribution in [2.45, 2.75) is 13.3 Å². The molecule has 0 aliphatic rings. The lowest BCUT2D eigenvalue weighted by Crippen LogP contribution is -2.17. The first-order valence-corrected chi connectivity index (χ1v) is 8.05. The lowest BCUT2D eigenvalue weighted by molar-refractivity contribution is 0.0955. The molecule has 0 fully saturated rings. The van der Waals surface area contributed by atoms with Gasteiger partial charge in [0.15, 0.2) is 11.5 Å². The summed E-state index contributed by atoms with van der Waals surface area (Å²) < 4.78 is 10.5. The molecule has 25 heavy (non-hydrogen) atoms. The number of aromatic hydroxyl groups is 1. The maximum Gasteiger partial charge on any atom is 0.271 e. The highest BCUT2D eigenvalue weighted by molar-refractivity contribution is 6.32. The second-order valence-corrected chi connectivity index (χ2v) is 5.53. The number of benzene rings is 2. The van der Waals surface area contributed by atoms with E-state index >= 15 is 0 Å². The van der Waals surface area contributed by atoms with Crippen molar-refractivity contribution < 1.29 is 19.4 Å². The number of phenols is 1. The number of rotatable bonds is 7. The molecule has 0 aliphatic carbocycles. The average molecular weight is 363 g/mol. The molecule has 0 aliphatic heterocycles. The number of carbonyl (C=O) groups is 1. The van der Waals surface area contributed by atoms with Gasteiger partial charge in [-0.05, 0) is 48.4 Å². The van der Waals surface area contributed by atoms with Gasteiger partial charge < -0.3 is 14.6 Å². The quantitative estimate of drug-likeness (QED) is 0.582. The average Bonchev–Trinajstić information content (AvgIpc) is 2.63. The van der Waals surface area contributed by atoms with Crippen molar-refractivity contribution >= 4 is 23.7 Å². The highest BCUT2D eigenvalue weighted by Crippen LogP contribution is 2.34. The van der Waals surface area contributed by atoms with Crippen LogP contribution >= 0.6 is 11.6 Å². The number of ether oxygens (including phenoxy) is 2. The van der Waals surface area contributed by atoms with Gasteiger partial charge in [0.05, 0.1) is 25.0 Å². The minimum absolute atomic E-state index is 0.134. The summed E-state index contributed by atoms with van der Waals surface area (Å²) in [6, 6.07) is 9.86. The number of carbonyl (C=O) groups excluding carboxylic acids is 1. The van der Waals surface area contributed by atoms with E-state index in [9.17, 15) is 9.90 Å². The van der Waals surface area contributed by atoms with E-state index < -0.39 is 0 Å². The molecule has 6 nitrogen and oxygen atoms in total. The highest BCUT2D eigenvalue weighted by Gasteiger charge is 2.08. The number of hydrogen-bond donors (Lipinski definition) is 2. The topological polar surface area (TPSA) is 80.2 Å². The Morgan fingerprint density at radius 1 is 1.32 bits per heavy atom. The van der Waals surface area contributed by atoms with Crippen molar-refractivity contribution in [3.05, 3.63) is 52.5 Å². The zero-order valence-electron chi connectivity index (χ0n) is 14.0. The van der Waals surface area contributed by atoms with E-state index in [1.54, 1.807) is 30.3 Å². The third kappa shape index (κ3) is 5.12. The van der Waals surface area contributed by atoms with E-state index in [2.05, 4.69) is 10.5 Å². The van der Waals surface area contributed by atoms with Crippen LogP contribution in [0.5, 0.6) is 17.2 Å². The maximum atomic E-state index is 12.0. The SMILES string of the molecule is CCCOc1ccc(C(=O)N/N=C\c2cc(Cl)c(O)c(OC)c2)cc1. The minimum Gasteiger partial charge on any atom is -0.503 e. The van der Waals surface area contributed by atoms with Crippen molar-refractivity contribution in [1.82, 2.24) is 5.43 Å². The summed E-state index contributed by atoms with van der Waals surface area (Å²) in [6.45, 7) is 2.66. The van der Waals surface area contributed by atoms with Gasteiger partial charge in [0.1, 0.15) is 5.75 Å². The molecule has 0 bridgehead atoms. The molecule has 2 rings (SSSR count). The molecular weight excluding hydrogens is 344 g/mol. The molecule has 0 atom stereocenters. The zero-order chi connectivity index (χ0) is 18.2. The molecule has 7 heteroatoms. The lowest BCUT2D eigenvalue weighted by atomic mass is 10.2. The number of halogens is 1. The molecular formula is C18H19ClN2O4. The fourth-order valence-corrected chi connectivity index (χ4v) is 2.20. The normalized spacial score (nSPS) is 10.7. The van der Waals surface area contributed by atoms with Crippen LogP contribution < -0.4 is 14.9 Å². The van der Waals surface area contributed by atoms with Crippen LogP contribution in [0.3, 0.4) is 0 Å². The smallest absolute Gasteiger partial charge is 0.271 e. The summed E-state index contributed by atoms with van der Waals surface area (Å²) in [6.07, 6.45) is 2.33. The Bertz CT molecular complexity index is 760. The summed E-state index contributed by atoms with van der Waals surface area (Å²) in [5.41, 5.74) is 3.46. The standard InChI is InChI=1S/C18H19ClN2O4/c1-3-8-25-14-6-4-13(5-7-14)18(23)21-20-11-12-9-15(19)17(22)16(10-12)24-2/h4-7,9-11,22H,3,8H2,1-2H3,(H,21,23)/b20-11-. The van der Waals surface area contributed by atoms with Crippen LogP contribution in [0.2, 0.25) is 5.02 Å². The second-order valence-electron chi connectivity index (χ2n) is 5.13. The largest absolute Gasteiger partial charge is 0.503 e. The van der Waals surface area contributed by atoms with Gasteiger partial charge in [-0.1, -0.05) is 18.5 Å². The lowest BCUT2D eigenvalue weighted by Gasteiger charge is -2.06. The molecule has 0 spiro atoms. The Morgan fingerprint density at radius 2 is 2.04 bits per heavy atom. The number of hydrogen-bond acceptors (Lipinski definition) is 5. The van der Waals surface area contributed by atoms with Crippen molar-refractivity contribution in [2.24, 2.45) is 5.10 Å². The van der Waals surface area contributed by atoms with Crippen LogP contribution in [0.1, 0.15) is 29.3 Å². The summed E-state index contributed by atoms with van der Waals surface area (Å²) >= 11 is 5.90. The van der Waals surface area contributed by atoms with E-state index in [4.69, 9.17) is 21.1 Å². The number of hydrazone groups is 1. The van der Waals surface area contributed by atoms with Crippen molar-refractivity contribution in [3.63, 3.8) is 0 Å². The van der Waals surface area contributed by atoms with Gasteiger partial charge in [-0.15, -0.1) is 0 Å². The Kier molecular flexibility index (Phi) is 6.65. The fourth-order valence-electron chi connectivity index (χ4n) is 1.98. The number of nitrogens with zero attached hydrogens (tertiary/aromatic N) is 1. The third-order valence-electron chi connectivity index (χ3n) is 3.24. The molecule has 0 aromatic heterocycles. The Morgan fingerprint density at radius 3 is 2.68 bits per heavy atom. The minimum atomic E-state index is -0.352. The molecule has 1 amide bonds. The van der Waals surface area contributed by atoms with Crippen molar-refractivity contribution in [2.75, 3.05) is 13.7 Å². The predicted molar refractivity (Wildman–Crippen MR) is 97.0 cm³/mol. The number of methoxy groups -OCH3 is 1. The first-order chi connectivity index (χ1) is 12.0. The Labute approximate surface area is 151 Å². The molecule has 0 saturated carbocycles. The molecule has 0 heterocycles. The molecule has 2 aromatic carbocycles. The highest BCUT2D eigenvalue weighted by atomic mass is 35.5. The summed E-state index contributed by atoms with van der Waals surface area (Å²) in [5, 5.41) is 13.7. The van der Waals surface area contributed by atoms with E-state index in [0.29, 0.717) is 23.5 Å². The first kappa shape index (κ1) is 18.6. The first-order valence-electron chi connectivity index (χ1n) is 7.68. The van der Waals surface area contributed by atoms with Gasteiger partial charge in [0.25, 0.3) is 5.91 Å². The third-order valence-corrected chi connectivity index (χ3v) is 3.53. The van der Waals surface area contributed by atoms with E-state index in [0.717, 1.165) is 6.42 Å². The summed E-state index contributed by atoms with van der Waals surface area (Å²) in [5.74, 6) is 0.446.